The summed E-state index contributed by atoms with van der Waals surface area (Å²) in [6.07, 6.45) is 3.29. The number of benzene rings is 2. The third kappa shape index (κ3) is 5.32. The van der Waals surface area contributed by atoms with Crippen LogP contribution in [0.2, 0.25) is 0 Å². The quantitative estimate of drug-likeness (QED) is 0.631. The van der Waals surface area contributed by atoms with Crippen LogP contribution in [0.15, 0.2) is 60.7 Å². The first-order valence-corrected chi connectivity index (χ1v) is 7.06. The molecule has 1 N–H and O–H groups in total. The second-order valence-corrected chi connectivity index (χ2v) is 4.56. The summed E-state index contributed by atoms with van der Waals surface area (Å²) in [6, 6.07) is 17.0. The molecule has 0 heterocycles. The van der Waals surface area contributed by atoms with Gasteiger partial charge in [-0.15, -0.1) is 0 Å². The van der Waals surface area contributed by atoms with E-state index in [0.717, 1.165) is 11.3 Å². The van der Waals surface area contributed by atoms with Crippen LogP contribution in [0.3, 0.4) is 0 Å². The molecule has 0 bridgehead atoms. The van der Waals surface area contributed by atoms with Crippen LogP contribution in [0.1, 0.15) is 5.56 Å². The Morgan fingerprint density at radius 3 is 2.64 bits per heavy atom. The molecule has 2 rings (SSSR count). The van der Waals surface area contributed by atoms with Gasteiger partial charge >= 0.3 is 0 Å². The summed E-state index contributed by atoms with van der Waals surface area (Å²) in [5, 5.41) is 2.77. The first-order valence-electron chi connectivity index (χ1n) is 7.06. The van der Waals surface area contributed by atoms with E-state index >= 15 is 0 Å². The topological polar surface area (TPSA) is 47.6 Å². The number of amides is 1. The lowest BCUT2D eigenvalue weighted by molar-refractivity contribution is -0.116. The zero-order valence-electron chi connectivity index (χ0n) is 12.5. The molecule has 0 aliphatic carbocycles. The van der Waals surface area contributed by atoms with Crippen LogP contribution >= 0.6 is 0 Å². The molecule has 22 heavy (non-hydrogen) atoms. The summed E-state index contributed by atoms with van der Waals surface area (Å²) < 4.78 is 10.7. The summed E-state index contributed by atoms with van der Waals surface area (Å²) in [5.74, 6) is 1.32. The fraction of sp³-hybridized carbons (Fsp3) is 0.167. The second kappa shape index (κ2) is 8.52. The van der Waals surface area contributed by atoms with E-state index in [1.807, 2.05) is 48.5 Å². The van der Waals surface area contributed by atoms with Crippen LogP contribution < -0.4 is 14.8 Å². The van der Waals surface area contributed by atoms with E-state index in [2.05, 4.69) is 5.32 Å². The van der Waals surface area contributed by atoms with Crippen molar-refractivity contribution in [3.63, 3.8) is 0 Å². The van der Waals surface area contributed by atoms with Crippen LogP contribution in [0, 0.1) is 0 Å². The molecule has 0 spiro atoms. The van der Waals surface area contributed by atoms with Crippen LogP contribution in [-0.4, -0.2) is 26.2 Å². The summed E-state index contributed by atoms with van der Waals surface area (Å²) in [6.45, 7) is 0.841. The number of rotatable bonds is 7. The Labute approximate surface area is 130 Å². The van der Waals surface area contributed by atoms with E-state index in [1.54, 1.807) is 19.3 Å². The van der Waals surface area contributed by atoms with Crippen molar-refractivity contribution in [3.05, 3.63) is 66.2 Å². The standard InChI is InChI=1S/C18H19NO3/c1-21-16-8-5-9-17(14-16)22-13-12-19-18(20)11-10-15-6-3-2-4-7-15/h2-11,14H,12-13H2,1H3,(H,19,20)/b11-10+. The Morgan fingerprint density at radius 2 is 1.86 bits per heavy atom. The zero-order valence-corrected chi connectivity index (χ0v) is 12.5. The van der Waals surface area contributed by atoms with Gasteiger partial charge in [0, 0.05) is 12.1 Å². The SMILES string of the molecule is COc1cccc(OCCNC(=O)/C=C/c2ccccc2)c1. The number of methoxy groups -OCH3 is 1. The van der Waals surface area contributed by atoms with Gasteiger partial charge < -0.3 is 14.8 Å². The molecule has 2 aromatic carbocycles. The Bertz CT molecular complexity index is 623. The van der Waals surface area contributed by atoms with Crippen LogP contribution in [-0.2, 0) is 4.79 Å². The van der Waals surface area contributed by atoms with Crippen LogP contribution in [0.4, 0.5) is 0 Å². The molecule has 0 aromatic heterocycles. The highest BCUT2D eigenvalue weighted by Crippen LogP contribution is 2.18. The fourth-order valence-electron chi connectivity index (χ4n) is 1.83. The lowest BCUT2D eigenvalue weighted by atomic mass is 10.2. The van der Waals surface area contributed by atoms with Gasteiger partial charge in [-0.1, -0.05) is 36.4 Å². The fourth-order valence-corrected chi connectivity index (χ4v) is 1.83. The number of carbonyl (C=O) groups excluding carboxylic acids is 1. The maximum absolute atomic E-state index is 11.7. The maximum atomic E-state index is 11.7. The van der Waals surface area contributed by atoms with E-state index in [4.69, 9.17) is 9.47 Å². The molecule has 0 atom stereocenters. The average molecular weight is 297 g/mol. The molecule has 0 radical (unpaired) electrons. The van der Waals surface area contributed by atoms with Gasteiger partial charge in [-0.05, 0) is 23.8 Å². The first-order chi connectivity index (χ1) is 10.8. The van der Waals surface area contributed by atoms with Crippen molar-refractivity contribution in [2.45, 2.75) is 0 Å². The van der Waals surface area contributed by atoms with Crippen molar-refractivity contribution in [2.75, 3.05) is 20.3 Å². The molecular formula is C18H19NO3. The van der Waals surface area contributed by atoms with E-state index in [0.29, 0.717) is 18.9 Å². The molecule has 0 unspecified atom stereocenters. The highest BCUT2D eigenvalue weighted by molar-refractivity contribution is 5.91. The van der Waals surface area contributed by atoms with E-state index in [1.165, 1.54) is 6.08 Å². The van der Waals surface area contributed by atoms with Crippen LogP contribution in [0.5, 0.6) is 11.5 Å². The molecule has 0 aliphatic heterocycles. The summed E-state index contributed by atoms with van der Waals surface area (Å²) in [5.41, 5.74) is 0.991. The van der Waals surface area contributed by atoms with Crippen LogP contribution in [0.25, 0.3) is 6.08 Å². The number of hydrogen-bond donors (Lipinski definition) is 1. The molecule has 0 aliphatic rings. The molecule has 4 nitrogen and oxygen atoms in total. The van der Waals surface area contributed by atoms with Gasteiger partial charge in [0.15, 0.2) is 0 Å². The van der Waals surface area contributed by atoms with Gasteiger partial charge in [0.2, 0.25) is 5.91 Å². The largest absolute Gasteiger partial charge is 0.497 e. The molecule has 2 aromatic rings. The van der Waals surface area contributed by atoms with Gasteiger partial charge in [-0.3, -0.25) is 4.79 Å². The van der Waals surface area contributed by atoms with Crippen molar-refractivity contribution >= 4 is 12.0 Å². The van der Waals surface area contributed by atoms with Crippen molar-refractivity contribution < 1.29 is 14.3 Å². The number of hydrogen-bond acceptors (Lipinski definition) is 3. The Balaban J connectivity index is 1.70. The zero-order chi connectivity index (χ0) is 15.6. The average Bonchev–Trinajstić information content (AvgIpc) is 2.58. The van der Waals surface area contributed by atoms with Gasteiger partial charge in [0.05, 0.1) is 13.7 Å². The molecule has 1 amide bonds. The third-order valence-corrected chi connectivity index (χ3v) is 2.94. The number of ether oxygens (including phenoxy) is 2. The van der Waals surface area contributed by atoms with Gasteiger partial charge in [0.1, 0.15) is 18.1 Å². The number of nitrogens with one attached hydrogen (secondary N) is 1. The maximum Gasteiger partial charge on any atom is 0.244 e. The Morgan fingerprint density at radius 1 is 1.09 bits per heavy atom. The summed E-state index contributed by atoms with van der Waals surface area (Å²) in [7, 11) is 1.61. The van der Waals surface area contributed by atoms with E-state index < -0.39 is 0 Å². The van der Waals surface area contributed by atoms with Crippen molar-refractivity contribution in [2.24, 2.45) is 0 Å². The lowest BCUT2D eigenvalue weighted by Crippen LogP contribution is -2.26. The summed E-state index contributed by atoms with van der Waals surface area (Å²) >= 11 is 0. The number of carbonyl (C=O) groups is 1. The Kier molecular flexibility index (Phi) is 6.05. The minimum atomic E-state index is -0.141. The van der Waals surface area contributed by atoms with E-state index in [9.17, 15) is 4.79 Å². The molecule has 0 fully saturated rings. The van der Waals surface area contributed by atoms with E-state index in [-0.39, 0.29) is 5.91 Å². The normalized spacial score (nSPS) is 10.4. The molecule has 114 valence electrons. The van der Waals surface area contributed by atoms with Crippen molar-refractivity contribution in [1.29, 1.82) is 0 Å². The smallest absolute Gasteiger partial charge is 0.244 e. The van der Waals surface area contributed by atoms with Gasteiger partial charge in [-0.2, -0.15) is 0 Å². The second-order valence-electron chi connectivity index (χ2n) is 4.56. The molecular weight excluding hydrogens is 278 g/mol. The van der Waals surface area contributed by atoms with Gasteiger partial charge in [-0.25, -0.2) is 0 Å². The molecule has 4 heteroatoms. The highest BCUT2D eigenvalue weighted by Gasteiger charge is 1.98. The van der Waals surface area contributed by atoms with Crippen molar-refractivity contribution in [1.82, 2.24) is 5.32 Å². The predicted molar refractivity (Wildman–Crippen MR) is 87.0 cm³/mol. The third-order valence-electron chi connectivity index (χ3n) is 2.94. The molecule has 0 saturated heterocycles. The highest BCUT2D eigenvalue weighted by atomic mass is 16.5. The van der Waals surface area contributed by atoms with Crippen molar-refractivity contribution in [3.8, 4) is 11.5 Å². The minimum Gasteiger partial charge on any atom is -0.497 e. The first kappa shape index (κ1) is 15.6. The van der Waals surface area contributed by atoms with Gasteiger partial charge in [0.25, 0.3) is 0 Å². The predicted octanol–water partition coefficient (Wildman–Crippen LogP) is 2.90. The summed E-state index contributed by atoms with van der Waals surface area (Å²) in [4.78, 5) is 11.7. The Hall–Kier alpha value is -2.75. The monoisotopic (exact) mass is 297 g/mol. The lowest BCUT2D eigenvalue weighted by Gasteiger charge is -2.07. The molecule has 0 saturated carbocycles. The minimum absolute atomic E-state index is 0.141.